The summed E-state index contributed by atoms with van der Waals surface area (Å²) in [6.07, 6.45) is 1.35. The van der Waals surface area contributed by atoms with E-state index in [1.807, 2.05) is 0 Å². The largest absolute Gasteiger partial charge is 0.493 e. The molecule has 1 saturated heterocycles. The molecule has 0 atom stereocenters. The van der Waals surface area contributed by atoms with Crippen molar-refractivity contribution >= 4 is 39.1 Å². The number of thiophene rings is 1. The zero-order valence-electron chi connectivity index (χ0n) is 19.9. The maximum absolute atomic E-state index is 13.2. The summed E-state index contributed by atoms with van der Waals surface area (Å²) in [4.78, 5) is 45.6. The maximum atomic E-state index is 13.2. The van der Waals surface area contributed by atoms with Gasteiger partial charge in [-0.15, -0.1) is 11.3 Å². The molecule has 0 spiro atoms. The number of nitrogens with one attached hydrogen (secondary N) is 1. The summed E-state index contributed by atoms with van der Waals surface area (Å²) < 4.78 is 22.5. The Morgan fingerprint density at radius 2 is 1.77 bits per heavy atom. The number of hydrogen-bond donors (Lipinski definition) is 1. The van der Waals surface area contributed by atoms with Gasteiger partial charge in [0.1, 0.15) is 11.4 Å². The molecule has 1 aliphatic heterocycles. The number of rotatable bonds is 7. The second-order valence-corrected chi connectivity index (χ2v) is 8.77. The predicted molar refractivity (Wildman–Crippen MR) is 130 cm³/mol. The summed E-state index contributed by atoms with van der Waals surface area (Å²) >= 11 is 1.11. The number of anilines is 1. The Kier molecular flexibility index (Phi) is 7.22. The molecule has 2 aromatic heterocycles. The molecule has 0 saturated carbocycles. The van der Waals surface area contributed by atoms with E-state index in [-0.39, 0.29) is 18.0 Å². The first-order chi connectivity index (χ1) is 16.9. The van der Waals surface area contributed by atoms with Gasteiger partial charge in [-0.05, 0) is 12.5 Å². The number of carbonyl (C=O) groups is 2. The van der Waals surface area contributed by atoms with Gasteiger partial charge in [-0.3, -0.25) is 19.0 Å². The van der Waals surface area contributed by atoms with Crippen molar-refractivity contribution in [3.63, 3.8) is 0 Å². The van der Waals surface area contributed by atoms with E-state index >= 15 is 0 Å². The zero-order chi connectivity index (χ0) is 25.1. The van der Waals surface area contributed by atoms with Crippen LogP contribution in [0.4, 0.5) is 5.69 Å². The van der Waals surface area contributed by atoms with Gasteiger partial charge in [-0.1, -0.05) is 0 Å². The zero-order valence-corrected chi connectivity index (χ0v) is 20.7. The first-order valence-corrected chi connectivity index (χ1v) is 11.6. The van der Waals surface area contributed by atoms with Gasteiger partial charge < -0.3 is 29.2 Å². The van der Waals surface area contributed by atoms with Crippen LogP contribution in [0.5, 0.6) is 17.2 Å². The lowest BCUT2D eigenvalue weighted by molar-refractivity contribution is -0.135. The van der Waals surface area contributed by atoms with Crippen molar-refractivity contribution in [2.24, 2.45) is 0 Å². The third kappa shape index (κ3) is 4.80. The van der Waals surface area contributed by atoms with Crippen molar-refractivity contribution in [3.8, 4) is 17.2 Å². The van der Waals surface area contributed by atoms with E-state index in [1.165, 1.54) is 32.2 Å². The smallest absolute Gasteiger partial charge is 0.266 e. The molecule has 1 aromatic carbocycles. The first kappa shape index (κ1) is 24.5. The molecule has 1 aliphatic rings. The van der Waals surface area contributed by atoms with Gasteiger partial charge in [0.05, 0.1) is 51.1 Å². The van der Waals surface area contributed by atoms with Crippen molar-refractivity contribution in [3.05, 3.63) is 39.3 Å². The highest BCUT2D eigenvalue weighted by Crippen LogP contribution is 2.40. The van der Waals surface area contributed by atoms with Crippen molar-refractivity contribution in [1.82, 2.24) is 14.5 Å². The normalized spacial score (nSPS) is 13.5. The van der Waals surface area contributed by atoms with Crippen LogP contribution in [0.1, 0.15) is 15.2 Å². The standard InChI is InChI=1S/C23H26N4O7S/c1-13-18-22(24-12-27(23(18)30)11-17(28)26-5-7-34-8-6-26)35-20(13)21(29)25-14-9-15(31-2)19(33-4)16(10-14)32-3/h9-10,12H,5-8,11H2,1-4H3,(H,25,29). The Morgan fingerprint density at radius 3 is 2.37 bits per heavy atom. The maximum Gasteiger partial charge on any atom is 0.266 e. The Hall–Kier alpha value is -3.64. The first-order valence-electron chi connectivity index (χ1n) is 10.8. The number of benzene rings is 1. The van der Waals surface area contributed by atoms with Gasteiger partial charge in [-0.25, -0.2) is 4.98 Å². The Balaban J connectivity index is 1.61. The highest BCUT2D eigenvalue weighted by molar-refractivity contribution is 7.20. The number of fused-ring (bicyclic) bond motifs is 1. The monoisotopic (exact) mass is 502 g/mol. The van der Waals surface area contributed by atoms with Gasteiger partial charge in [0, 0.05) is 30.9 Å². The van der Waals surface area contributed by atoms with Crippen LogP contribution in [0, 0.1) is 6.92 Å². The van der Waals surface area contributed by atoms with Gasteiger partial charge in [0.2, 0.25) is 11.7 Å². The summed E-state index contributed by atoms with van der Waals surface area (Å²) in [6.45, 7) is 3.51. The topological polar surface area (TPSA) is 121 Å². The molecule has 186 valence electrons. The van der Waals surface area contributed by atoms with Gasteiger partial charge in [0.25, 0.3) is 11.5 Å². The van der Waals surface area contributed by atoms with E-state index in [9.17, 15) is 14.4 Å². The molecule has 0 radical (unpaired) electrons. The molecule has 35 heavy (non-hydrogen) atoms. The summed E-state index contributed by atoms with van der Waals surface area (Å²) in [5, 5.41) is 3.14. The minimum Gasteiger partial charge on any atom is -0.493 e. The number of aryl methyl sites for hydroxylation is 1. The molecule has 2 amide bonds. The molecule has 0 unspecified atom stereocenters. The molecule has 0 aliphatic carbocycles. The third-order valence-electron chi connectivity index (χ3n) is 5.72. The van der Waals surface area contributed by atoms with E-state index in [1.54, 1.807) is 24.0 Å². The highest BCUT2D eigenvalue weighted by atomic mass is 32.1. The highest BCUT2D eigenvalue weighted by Gasteiger charge is 2.23. The van der Waals surface area contributed by atoms with E-state index in [0.29, 0.717) is 69.9 Å². The number of nitrogens with zero attached hydrogens (tertiary/aromatic N) is 3. The van der Waals surface area contributed by atoms with Gasteiger partial charge in [0.15, 0.2) is 11.5 Å². The molecule has 1 fully saturated rings. The molecule has 12 heteroatoms. The van der Waals surface area contributed by atoms with Crippen LogP contribution in [-0.4, -0.2) is 73.9 Å². The molecular formula is C23H26N4O7S. The van der Waals surface area contributed by atoms with E-state index < -0.39 is 5.91 Å². The molecular weight excluding hydrogens is 476 g/mol. The van der Waals surface area contributed by atoms with Gasteiger partial charge in [-0.2, -0.15) is 0 Å². The van der Waals surface area contributed by atoms with Crippen molar-refractivity contribution in [1.29, 1.82) is 0 Å². The average Bonchev–Trinajstić information content (AvgIpc) is 3.22. The quantitative estimate of drug-likeness (QED) is 0.520. The van der Waals surface area contributed by atoms with Crippen molar-refractivity contribution in [2.75, 3.05) is 52.9 Å². The fourth-order valence-electron chi connectivity index (χ4n) is 3.89. The van der Waals surface area contributed by atoms with E-state index in [4.69, 9.17) is 18.9 Å². The Labute approximate surface area is 205 Å². The predicted octanol–water partition coefficient (Wildman–Crippen LogP) is 1.90. The number of amides is 2. The minimum absolute atomic E-state index is 0.121. The molecule has 11 nitrogen and oxygen atoms in total. The van der Waals surface area contributed by atoms with Crippen LogP contribution in [0.3, 0.4) is 0 Å². The summed E-state index contributed by atoms with van der Waals surface area (Å²) in [6, 6.07) is 3.23. The summed E-state index contributed by atoms with van der Waals surface area (Å²) in [7, 11) is 4.46. The number of hydrogen-bond acceptors (Lipinski definition) is 9. The number of morpholine rings is 1. The molecule has 1 N–H and O–H groups in total. The number of methoxy groups -OCH3 is 3. The van der Waals surface area contributed by atoms with E-state index in [0.717, 1.165) is 11.3 Å². The second-order valence-electron chi connectivity index (χ2n) is 7.78. The Bertz CT molecular complexity index is 1300. The molecule has 3 aromatic rings. The van der Waals surface area contributed by atoms with Crippen LogP contribution in [-0.2, 0) is 16.1 Å². The lowest BCUT2D eigenvalue weighted by Gasteiger charge is -2.26. The van der Waals surface area contributed by atoms with Crippen molar-refractivity contribution < 1.29 is 28.5 Å². The number of aromatic nitrogens is 2. The lowest BCUT2D eigenvalue weighted by Crippen LogP contribution is -2.43. The lowest BCUT2D eigenvalue weighted by atomic mass is 10.2. The van der Waals surface area contributed by atoms with E-state index in [2.05, 4.69) is 10.3 Å². The molecule has 4 rings (SSSR count). The minimum atomic E-state index is -0.407. The van der Waals surface area contributed by atoms with Crippen LogP contribution in [0.2, 0.25) is 0 Å². The molecule has 3 heterocycles. The summed E-state index contributed by atoms with van der Waals surface area (Å²) in [5.74, 6) is 0.608. The van der Waals surface area contributed by atoms with Crippen LogP contribution >= 0.6 is 11.3 Å². The Morgan fingerprint density at radius 1 is 1.11 bits per heavy atom. The van der Waals surface area contributed by atoms with Crippen molar-refractivity contribution in [2.45, 2.75) is 13.5 Å². The molecule has 0 bridgehead atoms. The fourth-order valence-corrected chi connectivity index (χ4v) is 4.92. The SMILES string of the molecule is COc1cc(NC(=O)c2sc3ncn(CC(=O)N4CCOCC4)c(=O)c3c2C)cc(OC)c1OC. The number of ether oxygens (including phenoxy) is 4. The van der Waals surface area contributed by atoms with Crippen LogP contribution < -0.4 is 25.1 Å². The van der Waals surface area contributed by atoms with Crippen LogP contribution in [0.15, 0.2) is 23.3 Å². The second kappa shape index (κ2) is 10.3. The van der Waals surface area contributed by atoms with Gasteiger partial charge >= 0.3 is 0 Å². The average molecular weight is 503 g/mol. The van der Waals surface area contributed by atoms with Crippen LogP contribution in [0.25, 0.3) is 10.2 Å². The third-order valence-corrected chi connectivity index (χ3v) is 6.91. The summed E-state index contributed by atoms with van der Waals surface area (Å²) in [5.41, 5.74) is 0.570. The number of carbonyl (C=O) groups excluding carboxylic acids is 2. The fraction of sp³-hybridized carbons (Fsp3) is 0.391.